The molecule has 0 saturated carbocycles. The van der Waals surface area contributed by atoms with E-state index < -0.39 is 17.7 Å². The van der Waals surface area contributed by atoms with Crippen LogP contribution in [-0.4, -0.2) is 18.5 Å². The van der Waals surface area contributed by atoms with E-state index in [0.29, 0.717) is 11.1 Å². The number of ether oxygens (including phenoxy) is 1. The topological polar surface area (TPSA) is 79.2 Å². The van der Waals surface area contributed by atoms with E-state index in [9.17, 15) is 19.2 Å². The number of nitriles is 1. The Bertz CT molecular complexity index is 837. The number of nitrogens with zero attached hydrogens (tertiary/aromatic N) is 1. The van der Waals surface area contributed by atoms with Crippen LogP contribution in [0.4, 0.5) is 4.39 Å². The Morgan fingerprint density at radius 3 is 2.28 bits per heavy atom. The van der Waals surface area contributed by atoms with Gasteiger partial charge in [-0.05, 0) is 48.9 Å². The molecule has 0 heterocycles. The van der Waals surface area contributed by atoms with Gasteiger partial charge in [0.05, 0.1) is 12.3 Å². The van der Waals surface area contributed by atoms with Crippen molar-refractivity contribution in [1.82, 2.24) is 5.32 Å². The van der Waals surface area contributed by atoms with E-state index in [1.807, 2.05) is 0 Å². The molecule has 0 saturated heterocycles. The van der Waals surface area contributed by atoms with Gasteiger partial charge < -0.3 is 10.1 Å². The molecule has 0 aliphatic carbocycles. The zero-order chi connectivity index (χ0) is 18.2. The Hall–Kier alpha value is -3.46. The highest BCUT2D eigenvalue weighted by molar-refractivity contribution is 6.07. The molecule has 2 aromatic rings. The van der Waals surface area contributed by atoms with Crippen molar-refractivity contribution in [1.29, 1.82) is 5.26 Å². The molecule has 25 heavy (non-hydrogen) atoms. The fraction of sp³-hybridized carbons (Fsp3) is 0.105. The summed E-state index contributed by atoms with van der Waals surface area (Å²) in [6.45, 7) is 1.68. The van der Waals surface area contributed by atoms with Gasteiger partial charge >= 0.3 is 5.97 Å². The molecule has 0 unspecified atom stereocenters. The van der Waals surface area contributed by atoms with Crippen molar-refractivity contribution >= 4 is 17.6 Å². The van der Waals surface area contributed by atoms with Crippen molar-refractivity contribution in [3.05, 3.63) is 77.1 Å². The van der Waals surface area contributed by atoms with E-state index in [-0.39, 0.29) is 17.9 Å². The van der Waals surface area contributed by atoms with E-state index in [2.05, 4.69) is 5.32 Å². The number of carbonyl (C=O) groups excluding carboxylic acids is 2. The first-order chi connectivity index (χ1) is 12.1. The Morgan fingerprint density at radius 2 is 1.72 bits per heavy atom. The molecule has 0 aliphatic heterocycles. The first kappa shape index (κ1) is 17.9. The number of nitrogens with one attached hydrogen (secondary N) is 1. The zero-order valence-electron chi connectivity index (χ0n) is 13.5. The summed E-state index contributed by atoms with van der Waals surface area (Å²) in [5.74, 6) is -1.85. The third kappa shape index (κ3) is 4.52. The molecule has 2 rings (SSSR count). The minimum atomic E-state index is -0.863. The number of benzene rings is 2. The second-order valence-corrected chi connectivity index (χ2v) is 4.91. The molecule has 0 atom stereocenters. The highest BCUT2D eigenvalue weighted by atomic mass is 19.1. The molecule has 6 heteroatoms. The number of hydrogen-bond acceptors (Lipinski definition) is 4. The summed E-state index contributed by atoms with van der Waals surface area (Å²) >= 11 is 0. The van der Waals surface area contributed by atoms with Gasteiger partial charge in [0, 0.05) is 5.56 Å². The summed E-state index contributed by atoms with van der Waals surface area (Å²) in [6, 6.07) is 15.1. The van der Waals surface area contributed by atoms with E-state index in [1.165, 1.54) is 24.3 Å². The molecule has 126 valence electrons. The van der Waals surface area contributed by atoms with Crippen LogP contribution < -0.4 is 5.32 Å². The van der Waals surface area contributed by atoms with Gasteiger partial charge in [-0.15, -0.1) is 0 Å². The van der Waals surface area contributed by atoms with Crippen LogP contribution in [0.3, 0.4) is 0 Å². The molecule has 0 radical (unpaired) electrons. The van der Waals surface area contributed by atoms with Gasteiger partial charge in [-0.2, -0.15) is 5.26 Å². The average Bonchev–Trinajstić information content (AvgIpc) is 2.63. The third-order valence-corrected chi connectivity index (χ3v) is 3.25. The smallest absolute Gasteiger partial charge is 0.351 e. The molecule has 0 bridgehead atoms. The fourth-order valence-corrected chi connectivity index (χ4v) is 2.08. The third-order valence-electron chi connectivity index (χ3n) is 3.25. The van der Waals surface area contributed by atoms with Crippen LogP contribution in [0, 0.1) is 17.1 Å². The van der Waals surface area contributed by atoms with Crippen molar-refractivity contribution in [2.45, 2.75) is 6.92 Å². The molecule has 0 spiro atoms. The average molecular weight is 338 g/mol. The molecule has 0 fully saturated rings. The van der Waals surface area contributed by atoms with Gasteiger partial charge in [-0.25, -0.2) is 9.18 Å². The van der Waals surface area contributed by atoms with Gasteiger partial charge in [0.2, 0.25) is 0 Å². The molecule has 5 nitrogen and oxygen atoms in total. The van der Waals surface area contributed by atoms with E-state index in [4.69, 9.17) is 4.74 Å². The quantitative estimate of drug-likeness (QED) is 0.516. The summed E-state index contributed by atoms with van der Waals surface area (Å²) in [5.41, 5.74) is 0.270. The van der Waals surface area contributed by atoms with Crippen molar-refractivity contribution in [2.75, 3.05) is 6.61 Å². The fourth-order valence-electron chi connectivity index (χ4n) is 2.08. The minimum Gasteiger partial charge on any atom is -0.462 e. The number of esters is 1. The zero-order valence-corrected chi connectivity index (χ0v) is 13.5. The highest BCUT2D eigenvalue weighted by Gasteiger charge is 2.20. The first-order valence-corrected chi connectivity index (χ1v) is 7.50. The maximum atomic E-state index is 13.2. The van der Waals surface area contributed by atoms with Crippen molar-refractivity contribution in [3.63, 3.8) is 0 Å². The van der Waals surface area contributed by atoms with Crippen LogP contribution >= 0.6 is 0 Å². The van der Waals surface area contributed by atoms with Crippen molar-refractivity contribution < 1.29 is 18.7 Å². The van der Waals surface area contributed by atoms with E-state index in [1.54, 1.807) is 43.3 Å². The standard InChI is InChI=1S/C19H15FN2O3/c1-2-25-19(24)16(12-21)17(13-8-10-15(20)11-9-13)22-18(23)14-6-4-3-5-7-14/h3-11H,2H2,1H3,(H,22,23)/b17-16-. The van der Waals surface area contributed by atoms with Crippen LogP contribution in [0.2, 0.25) is 0 Å². The predicted molar refractivity (Wildman–Crippen MR) is 89.5 cm³/mol. The van der Waals surface area contributed by atoms with Crippen LogP contribution in [0.15, 0.2) is 60.2 Å². The SMILES string of the molecule is CCOC(=O)/C(C#N)=C(\NC(=O)c1ccccc1)c1ccc(F)cc1. The maximum Gasteiger partial charge on any atom is 0.351 e. The normalized spacial score (nSPS) is 11.1. The summed E-state index contributed by atoms with van der Waals surface area (Å²) in [5, 5.41) is 11.9. The van der Waals surface area contributed by atoms with E-state index in [0.717, 1.165) is 0 Å². The predicted octanol–water partition coefficient (Wildman–Crippen LogP) is 3.05. The maximum absolute atomic E-state index is 13.2. The summed E-state index contributed by atoms with van der Waals surface area (Å²) in [6.07, 6.45) is 0. The van der Waals surface area contributed by atoms with Crippen LogP contribution in [-0.2, 0) is 9.53 Å². The molecule has 0 aromatic heterocycles. The minimum absolute atomic E-state index is 0.0326. The lowest BCUT2D eigenvalue weighted by Crippen LogP contribution is -2.25. The van der Waals surface area contributed by atoms with Gasteiger partial charge in [-0.3, -0.25) is 4.79 Å². The molecular weight excluding hydrogens is 323 g/mol. The second kappa shape index (κ2) is 8.41. The molecular formula is C19H15FN2O3. The Kier molecular flexibility index (Phi) is 6.02. The number of rotatable bonds is 5. The second-order valence-electron chi connectivity index (χ2n) is 4.91. The van der Waals surface area contributed by atoms with Crippen LogP contribution in [0.5, 0.6) is 0 Å². The van der Waals surface area contributed by atoms with E-state index >= 15 is 0 Å². The number of amides is 1. The summed E-state index contributed by atoms with van der Waals surface area (Å²) in [7, 11) is 0. The summed E-state index contributed by atoms with van der Waals surface area (Å²) < 4.78 is 18.0. The van der Waals surface area contributed by atoms with Crippen LogP contribution in [0.25, 0.3) is 5.70 Å². The van der Waals surface area contributed by atoms with Gasteiger partial charge in [0.25, 0.3) is 5.91 Å². The Balaban J connectivity index is 2.48. The van der Waals surface area contributed by atoms with Gasteiger partial charge in [0.1, 0.15) is 11.9 Å². The Labute approximate surface area is 144 Å². The monoisotopic (exact) mass is 338 g/mol. The van der Waals surface area contributed by atoms with Crippen LogP contribution in [0.1, 0.15) is 22.8 Å². The highest BCUT2D eigenvalue weighted by Crippen LogP contribution is 2.19. The Morgan fingerprint density at radius 1 is 1.08 bits per heavy atom. The first-order valence-electron chi connectivity index (χ1n) is 7.50. The lowest BCUT2D eigenvalue weighted by atomic mass is 10.1. The lowest BCUT2D eigenvalue weighted by molar-refractivity contribution is -0.137. The van der Waals surface area contributed by atoms with Crippen molar-refractivity contribution in [2.24, 2.45) is 0 Å². The largest absolute Gasteiger partial charge is 0.462 e. The number of hydrogen-bond donors (Lipinski definition) is 1. The lowest BCUT2D eigenvalue weighted by Gasteiger charge is -2.12. The van der Waals surface area contributed by atoms with Gasteiger partial charge in [-0.1, -0.05) is 18.2 Å². The summed E-state index contributed by atoms with van der Waals surface area (Å²) in [4.78, 5) is 24.5. The molecule has 2 aromatic carbocycles. The number of halogens is 1. The van der Waals surface area contributed by atoms with Gasteiger partial charge in [0.15, 0.2) is 5.57 Å². The molecule has 1 N–H and O–H groups in total. The molecule has 0 aliphatic rings. The number of carbonyl (C=O) groups is 2. The van der Waals surface area contributed by atoms with Crippen molar-refractivity contribution in [3.8, 4) is 6.07 Å². The molecule has 1 amide bonds.